The van der Waals surface area contributed by atoms with E-state index in [2.05, 4.69) is 285 Å². The van der Waals surface area contributed by atoms with Gasteiger partial charge in [0.15, 0.2) is 0 Å². The van der Waals surface area contributed by atoms with Crippen molar-refractivity contribution < 1.29 is 9.47 Å². The molecule has 0 saturated heterocycles. The minimum absolute atomic E-state index is 0.139. The fourth-order valence-corrected chi connectivity index (χ4v) is 13.2. The lowest BCUT2D eigenvalue weighted by molar-refractivity contribution is 0.247. The molecule has 4 N–H and O–H groups in total. The Morgan fingerprint density at radius 1 is 0.290 bits per heavy atom. The largest absolute Gasteiger partial charge is 0.493 e. The molecule has 0 saturated carbocycles. The highest BCUT2D eigenvalue weighted by Gasteiger charge is 2.28. The molecule has 93 heavy (non-hydrogen) atoms. The first-order valence-electron chi connectivity index (χ1n) is 32.6. The third-order valence-electron chi connectivity index (χ3n) is 18.4. The summed E-state index contributed by atoms with van der Waals surface area (Å²) in [6.07, 6.45) is 17.9. The Bertz CT molecular complexity index is 4850. The molecule has 10 heteroatoms. The van der Waals surface area contributed by atoms with Crippen LogP contribution in [-0.4, -0.2) is 53.1 Å². The summed E-state index contributed by atoms with van der Waals surface area (Å²) < 4.78 is 13.1. The molecule has 0 amide bonds. The van der Waals surface area contributed by atoms with Crippen molar-refractivity contribution in [2.75, 3.05) is 13.2 Å². The van der Waals surface area contributed by atoms with E-state index in [1.165, 1.54) is 22.3 Å². The van der Waals surface area contributed by atoms with Crippen LogP contribution in [0.5, 0.6) is 11.5 Å². The van der Waals surface area contributed by atoms with Crippen molar-refractivity contribution in [3.8, 4) is 67.1 Å². The number of aromatic amines is 4. The summed E-state index contributed by atoms with van der Waals surface area (Å²) in [7, 11) is 0. The van der Waals surface area contributed by atoms with Crippen molar-refractivity contribution in [2.24, 2.45) is 0 Å². The van der Waals surface area contributed by atoms with Gasteiger partial charge in [0.2, 0.25) is 0 Å². The Labute approximate surface area is 544 Å². The van der Waals surface area contributed by atoms with Crippen molar-refractivity contribution in [3.05, 3.63) is 213 Å². The van der Waals surface area contributed by atoms with Gasteiger partial charge in [-0.3, -0.25) is 0 Å². The summed E-state index contributed by atoms with van der Waals surface area (Å²) in [6.45, 7) is 28.5. The van der Waals surface area contributed by atoms with Crippen molar-refractivity contribution in [2.45, 2.75) is 111 Å². The van der Waals surface area contributed by atoms with Crippen LogP contribution < -0.4 is 9.47 Å². The van der Waals surface area contributed by atoms with Crippen molar-refractivity contribution in [3.63, 3.8) is 0 Å². The summed E-state index contributed by atoms with van der Waals surface area (Å²) in [5, 5.41) is 0. The third-order valence-corrected chi connectivity index (χ3v) is 18.4. The van der Waals surface area contributed by atoms with Gasteiger partial charge in [0.05, 0.1) is 58.8 Å². The summed E-state index contributed by atoms with van der Waals surface area (Å²) in [5.74, 6) is 1.51. The molecule has 6 aromatic heterocycles. The van der Waals surface area contributed by atoms with Crippen LogP contribution in [0.2, 0.25) is 0 Å². The topological polar surface area (TPSA) is 133 Å². The lowest BCUT2D eigenvalue weighted by Crippen LogP contribution is -2.16. The summed E-state index contributed by atoms with van der Waals surface area (Å²) in [5.41, 5.74) is 27.7. The fraction of sp³-hybridized carbons (Fsp3) is 0.229. The summed E-state index contributed by atoms with van der Waals surface area (Å²) in [6, 6.07) is 52.6. The molecule has 5 aliphatic rings. The Morgan fingerprint density at radius 2 is 0.602 bits per heavy atom. The highest BCUT2D eigenvalue weighted by Crippen LogP contribution is 2.45. The molecular weight excluding hydrogens is 1140 g/mol. The summed E-state index contributed by atoms with van der Waals surface area (Å²) in [4.78, 5) is 38.6. The quantitative estimate of drug-likeness (QED) is 0.136. The van der Waals surface area contributed by atoms with Gasteiger partial charge in [-0.25, -0.2) is 19.9 Å². The van der Waals surface area contributed by atoms with Crippen LogP contribution in [0.3, 0.4) is 0 Å². The zero-order chi connectivity index (χ0) is 64.3. The predicted molar refractivity (Wildman–Crippen MR) is 389 cm³/mol. The smallest absolute Gasteiger partial charge is 0.119 e. The van der Waals surface area contributed by atoms with Crippen LogP contribution in [0.4, 0.5) is 0 Å². The monoisotopic (exact) mass is 1220 g/mol. The van der Waals surface area contributed by atoms with Crippen LogP contribution in [-0.2, 0) is 21.7 Å². The molecule has 462 valence electrons. The fourth-order valence-electron chi connectivity index (χ4n) is 13.2. The maximum Gasteiger partial charge on any atom is 0.119 e. The molecule has 10 aromatic rings. The maximum atomic E-state index is 6.56. The predicted octanol–water partition coefficient (Wildman–Crippen LogP) is 21.3. The average Bonchev–Trinajstić information content (AvgIpc) is 1.42. The number of aromatic nitrogens is 8. The van der Waals surface area contributed by atoms with E-state index in [4.69, 9.17) is 29.4 Å². The number of hydrogen-bond acceptors (Lipinski definition) is 6. The molecular formula is C83H78N8O2. The molecule has 0 unspecified atom stereocenters. The van der Waals surface area contributed by atoms with Crippen LogP contribution in [0.15, 0.2) is 146 Å². The van der Waals surface area contributed by atoms with Gasteiger partial charge in [0.1, 0.15) is 11.5 Å². The molecule has 24 bridgehead atoms. The molecule has 5 aliphatic heterocycles. The van der Waals surface area contributed by atoms with E-state index in [1.54, 1.807) is 0 Å². The van der Waals surface area contributed by atoms with E-state index in [0.29, 0.717) is 19.6 Å². The van der Waals surface area contributed by atoms with Gasteiger partial charge in [-0.1, -0.05) is 144 Å². The van der Waals surface area contributed by atoms with E-state index in [1.807, 2.05) is 12.1 Å². The van der Waals surface area contributed by atoms with Crippen LogP contribution >= 0.6 is 0 Å². The Kier molecular flexibility index (Phi) is 14.1. The van der Waals surface area contributed by atoms with E-state index >= 15 is 0 Å². The third kappa shape index (κ3) is 11.4. The summed E-state index contributed by atoms with van der Waals surface area (Å²) >= 11 is 0. The van der Waals surface area contributed by atoms with Crippen LogP contribution in [0, 0.1) is 0 Å². The normalized spacial score (nSPS) is 13.9. The number of nitrogens with zero attached hydrogens (tertiary/aromatic N) is 4. The molecule has 0 spiro atoms. The van der Waals surface area contributed by atoms with Crippen molar-refractivity contribution in [1.29, 1.82) is 0 Å². The van der Waals surface area contributed by atoms with Crippen LogP contribution in [0.25, 0.3) is 148 Å². The standard InChI is InChI=1S/C83H78N8O2/c1-80(2,3)52-38-50(39-53(44-52)81(4,5)6)76-64-26-22-58(86-64)46-56-20-24-62(84-56)74-48-16-13-18-60(42-48)92-36-15-37-93-61-19-14-17-49(43-61)75-63-25-21-57(85-63)47-59-23-27-65(87-59)77(51-40-54(82(7,8)9)45-55(41-51)83(10,11)12)69-31-35-73(91-69)79(71-33-29-67(75)89-71)78(70-32-28-66(74)88-70)72-34-30-68(76)90-72/h13-14,16-35,38-47,86-89H,15,36-37H2,1-12H3. The highest BCUT2D eigenvalue weighted by atomic mass is 16.5. The number of rotatable bonds is 2. The first-order valence-corrected chi connectivity index (χ1v) is 32.6. The molecule has 0 aliphatic carbocycles. The van der Waals surface area contributed by atoms with E-state index in [9.17, 15) is 0 Å². The van der Waals surface area contributed by atoms with Gasteiger partial charge in [0, 0.05) is 83.9 Å². The molecule has 4 aromatic carbocycles. The Morgan fingerprint density at radius 3 is 0.978 bits per heavy atom. The second-order valence-corrected chi connectivity index (χ2v) is 29.4. The number of fused-ring (bicyclic) bond motifs is 23. The molecule has 0 atom stereocenters. The van der Waals surface area contributed by atoms with Gasteiger partial charge < -0.3 is 29.4 Å². The lowest BCUT2D eigenvalue weighted by Gasteiger charge is -2.26. The first-order chi connectivity index (χ1) is 44.5. The van der Waals surface area contributed by atoms with E-state index < -0.39 is 0 Å². The maximum absolute atomic E-state index is 6.56. The van der Waals surface area contributed by atoms with Crippen molar-refractivity contribution in [1.82, 2.24) is 39.9 Å². The van der Waals surface area contributed by atoms with Gasteiger partial charge in [-0.05, 0) is 200 Å². The van der Waals surface area contributed by atoms with Gasteiger partial charge in [0.25, 0.3) is 0 Å². The van der Waals surface area contributed by atoms with E-state index in [0.717, 1.165) is 157 Å². The van der Waals surface area contributed by atoms with Gasteiger partial charge >= 0.3 is 0 Å². The number of H-pyrrole nitrogens is 4. The SMILES string of the molecule is CC(C)(C)c1cc(-c2c3nc(c4c5ccc([nH]5)c(c5nc(cc6ccc2[nH]6)C=C5)-c2cccc(c2)OCCCOc2cccc(c2)-c2c5nc(cc6ccc([nH]6)c(-c6cc(C(C)(C)C)cc(C(C)(C)C)c6)c6nc(c-4c4ccc2[nH]4)C=C6)C=C5)C=C3)cc(C(C)(C)C)c1. The number of nitrogens with one attached hydrogen (secondary N) is 4. The van der Waals surface area contributed by atoms with Crippen LogP contribution in [0.1, 0.15) is 157 Å². The Hall–Kier alpha value is -10.3. The average molecular weight is 1220 g/mol. The molecule has 15 rings (SSSR count). The second kappa shape index (κ2) is 22.2. The highest BCUT2D eigenvalue weighted by molar-refractivity contribution is 6.05. The second-order valence-electron chi connectivity index (χ2n) is 29.4. The molecule has 0 fully saturated rings. The van der Waals surface area contributed by atoms with Crippen molar-refractivity contribution >= 4 is 92.7 Å². The van der Waals surface area contributed by atoms with Gasteiger partial charge in [-0.2, -0.15) is 0 Å². The minimum Gasteiger partial charge on any atom is -0.493 e. The van der Waals surface area contributed by atoms with E-state index in [-0.39, 0.29) is 21.7 Å². The zero-order valence-electron chi connectivity index (χ0n) is 55.2. The Balaban J connectivity index is 1.15. The zero-order valence-corrected chi connectivity index (χ0v) is 55.2. The lowest BCUT2D eigenvalue weighted by atomic mass is 9.78. The minimum atomic E-state index is -0.139. The number of benzene rings is 4. The number of hydrogen-bond donors (Lipinski definition) is 4. The number of ether oxygens (including phenoxy) is 2. The molecule has 10 nitrogen and oxygen atoms in total. The molecule has 11 heterocycles. The first kappa shape index (κ1) is 59.0. The van der Waals surface area contributed by atoms with Gasteiger partial charge in [-0.15, -0.1) is 0 Å². The molecule has 0 radical (unpaired) electrons.